The topological polar surface area (TPSA) is 91.4 Å². The highest BCUT2D eigenvalue weighted by Gasteiger charge is 2.54. The van der Waals surface area contributed by atoms with Crippen LogP contribution in [-0.4, -0.2) is 80.1 Å². The minimum Gasteiger partial charge on any atom is -0.493 e. The van der Waals surface area contributed by atoms with Gasteiger partial charge in [-0.25, -0.2) is 0 Å². The summed E-state index contributed by atoms with van der Waals surface area (Å²) in [6, 6.07) is 33.3. The van der Waals surface area contributed by atoms with Gasteiger partial charge in [0.1, 0.15) is 12.1 Å². The molecular weight excluding hydrogens is 592 g/mol. The van der Waals surface area contributed by atoms with Gasteiger partial charge < -0.3 is 29.5 Å². The number of ether oxygens (including phenoxy) is 2. The summed E-state index contributed by atoms with van der Waals surface area (Å²) in [5, 5.41) is 2.97. The molecular formula is C38H40N4O5. The van der Waals surface area contributed by atoms with Gasteiger partial charge in [0.05, 0.1) is 20.9 Å². The van der Waals surface area contributed by atoms with Crippen molar-refractivity contribution in [3.05, 3.63) is 114 Å². The molecule has 2 fully saturated rings. The Balaban J connectivity index is 1.10. The molecule has 0 aliphatic carbocycles. The second-order valence-corrected chi connectivity index (χ2v) is 12.0. The highest BCUT2D eigenvalue weighted by atomic mass is 16.5. The van der Waals surface area contributed by atoms with E-state index >= 15 is 0 Å². The zero-order valence-corrected chi connectivity index (χ0v) is 26.9. The van der Waals surface area contributed by atoms with Gasteiger partial charge in [-0.05, 0) is 72.4 Å². The monoisotopic (exact) mass is 632 g/mol. The van der Waals surface area contributed by atoms with Gasteiger partial charge >= 0.3 is 0 Å². The Morgan fingerprint density at radius 3 is 2.09 bits per heavy atom. The van der Waals surface area contributed by atoms with E-state index in [1.54, 1.807) is 19.1 Å². The molecule has 2 aliphatic rings. The summed E-state index contributed by atoms with van der Waals surface area (Å²) in [6.45, 7) is 1.58. The summed E-state index contributed by atoms with van der Waals surface area (Å²) < 4.78 is 10.7. The minimum atomic E-state index is -0.824. The summed E-state index contributed by atoms with van der Waals surface area (Å²) >= 11 is 0. The summed E-state index contributed by atoms with van der Waals surface area (Å²) in [7, 11) is 3.18. The van der Waals surface area contributed by atoms with Crippen LogP contribution in [0.2, 0.25) is 0 Å². The summed E-state index contributed by atoms with van der Waals surface area (Å²) in [5.74, 6) is 0.962. The average Bonchev–Trinajstić information content (AvgIpc) is 3.38. The highest BCUT2D eigenvalue weighted by Crippen LogP contribution is 2.39. The highest BCUT2D eigenvalue weighted by molar-refractivity contribution is 5.98. The molecule has 4 aromatic rings. The number of benzene rings is 4. The van der Waals surface area contributed by atoms with Gasteiger partial charge in [0.15, 0.2) is 11.5 Å². The molecule has 2 heterocycles. The second-order valence-electron chi connectivity index (χ2n) is 12.0. The van der Waals surface area contributed by atoms with Crippen LogP contribution >= 0.6 is 0 Å². The van der Waals surface area contributed by atoms with E-state index in [0.29, 0.717) is 62.6 Å². The SMILES string of the molecule is COc1ccc(CCNC(=O)CN2CN(c3ccccc3)C3(CCN(C(=O)c4ccc(-c5ccccc5)cc4)CC3)C2=O)cc1OC. The summed E-state index contributed by atoms with van der Waals surface area (Å²) in [4.78, 5) is 46.3. The van der Waals surface area contributed by atoms with Crippen LogP contribution in [-0.2, 0) is 16.0 Å². The standard InChI is InChI=1S/C38H40N4O5/c1-46-33-18-13-28(25-34(33)47-2)19-22-39-35(43)26-41-27-42(32-11-7-4-8-12-32)38(37(41)45)20-23-40(24-21-38)36(44)31-16-14-30(15-17-31)29-9-5-3-6-10-29/h3-18,25H,19-24,26-27H2,1-2H3,(H,39,43). The number of amides is 3. The quantitative estimate of drug-likeness (QED) is 0.264. The third-order valence-corrected chi connectivity index (χ3v) is 9.22. The number of nitrogens with one attached hydrogen (secondary N) is 1. The molecule has 1 spiro atoms. The molecule has 0 unspecified atom stereocenters. The van der Waals surface area contributed by atoms with Crippen LogP contribution in [0.25, 0.3) is 11.1 Å². The number of para-hydroxylation sites is 1. The van der Waals surface area contributed by atoms with Gasteiger partial charge in [-0.3, -0.25) is 14.4 Å². The number of anilines is 1. The van der Waals surface area contributed by atoms with E-state index < -0.39 is 5.54 Å². The van der Waals surface area contributed by atoms with E-state index in [1.165, 1.54) is 0 Å². The molecule has 242 valence electrons. The van der Waals surface area contributed by atoms with Crippen molar-refractivity contribution in [2.75, 3.05) is 52.0 Å². The van der Waals surface area contributed by atoms with Crippen molar-refractivity contribution in [2.24, 2.45) is 0 Å². The molecule has 4 aromatic carbocycles. The Morgan fingerprint density at radius 1 is 0.787 bits per heavy atom. The van der Waals surface area contributed by atoms with Gasteiger partial charge in [-0.2, -0.15) is 0 Å². The lowest BCUT2D eigenvalue weighted by Gasteiger charge is -2.43. The number of piperidine rings is 1. The molecule has 3 amide bonds. The predicted octanol–water partition coefficient (Wildman–Crippen LogP) is 5.01. The number of carbonyl (C=O) groups excluding carboxylic acids is 3. The van der Waals surface area contributed by atoms with Crippen molar-refractivity contribution in [2.45, 2.75) is 24.8 Å². The summed E-state index contributed by atoms with van der Waals surface area (Å²) in [5.41, 5.74) is 3.89. The largest absolute Gasteiger partial charge is 0.493 e. The normalized spacial score (nSPS) is 15.5. The molecule has 0 saturated carbocycles. The molecule has 2 aliphatic heterocycles. The van der Waals surface area contributed by atoms with Gasteiger partial charge in [-0.15, -0.1) is 0 Å². The van der Waals surface area contributed by atoms with E-state index in [0.717, 1.165) is 22.4 Å². The van der Waals surface area contributed by atoms with Crippen LogP contribution in [0.3, 0.4) is 0 Å². The fourth-order valence-corrected chi connectivity index (χ4v) is 6.63. The van der Waals surface area contributed by atoms with Crippen LogP contribution in [0.1, 0.15) is 28.8 Å². The first-order chi connectivity index (χ1) is 22.9. The van der Waals surface area contributed by atoms with Crippen molar-refractivity contribution >= 4 is 23.4 Å². The van der Waals surface area contributed by atoms with E-state index in [9.17, 15) is 14.4 Å². The van der Waals surface area contributed by atoms with Gasteiger partial charge in [0, 0.05) is 30.9 Å². The summed E-state index contributed by atoms with van der Waals surface area (Å²) in [6.07, 6.45) is 1.57. The molecule has 47 heavy (non-hydrogen) atoms. The van der Waals surface area contributed by atoms with E-state index in [-0.39, 0.29) is 24.3 Å². The Kier molecular flexibility index (Phi) is 9.42. The van der Waals surface area contributed by atoms with Crippen molar-refractivity contribution in [1.82, 2.24) is 15.1 Å². The number of nitrogens with zero attached hydrogens (tertiary/aromatic N) is 3. The lowest BCUT2D eigenvalue weighted by Crippen LogP contribution is -2.57. The molecule has 2 saturated heterocycles. The zero-order chi connectivity index (χ0) is 32.8. The lowest BCUT2D eigenvalue weighted by molar-refractivity contribution is -0.137. The number of rotatable bonds is 10. The van der Waals surface area contributed by atoms with Crippen LogP contribution < -0.4 is 19.7 Å². The Morgan fingerprint density at radius 2 is 1.43 bits per heavy atom. The van der Waals surface area contributed by atoms with E-state index in [4.69, 9.17) is 9.47 Å². The number of hydrogen-bond donors (Lipinski definition) is 1. The van der Waals surface area contributed by atoms with Crippen LogP contribution in [0.5, 0.6) is 11.5 Å². The Labute approximate surface area is 275 Å². The minimum absolute atomic E-state index is 0.0355. The zero-order valence-electron chi connectivity index (χ0n) is 26.9. The molecule has 6 rings (SSSR count). The maximum absolute atomic E-state index is 14.1. The van der Waals surface area contributed by atoms with Crippen molar-refractivity contribution in [1.29, 1.82) is 0 Å². The van der Waals surface area contributed by atoms with Crippen LogP contribution in [0, 0.1) is 0 Å². The van der Waals surface area contributed by atoms with Gasteiger partial charge in [0.2, 0.25) is 5.91 Å². The molecule has 9 nitrogen and oxygen atoms in total. The molecule has 0 aromatic heterocycles. The molecule has 1 N–H and O–H groups in total. The van der Waals surface area contributed by atoms with Crippen LogP contribution in [0.4, 0.5) is 5.69 Å². The van der Waals surface area contributed by atoms with Crippen molar-refractivity contribution < 1.29 is 23.9 Å². The first-order valence-electron chi connectivity index (χ1n) is 16.0. The van der Waals surface area contributed by atoms with Crippen molar-refractivity contribution in [3.63, 3.8) is 0 Å². The Bertz CT molecular complexity index is 1700. The number of methoxy groups -OCH3 is 2. The third kappa shape index (κ3) is 6.65. The maximum atomic E-state index is 14.1. The first-order valence-corrected chi connectivity index (χ1v) is 16.0. The third-order valence-electron chi connectivity index (χ3n) is 9.22. The van der Waals surface area contributed by atoms with E-state index in [1.807, 2.05) is 108 Å². The Hall–Kier alpha value is -5.31. The lowest BCUT2D eigenvalue weighted by atomic mass is 9.85. The van der Waals surface area contributed by atoms with Gasteiger partial charge in [0.25, 0.3) is 11.8 Å². The molecule has 0 atom stereocenters. The second kappa shape index (κ2) is 14.0. The van der Waals surface area contributed by atoms with E-state index in [2.05, 4.69) is 10.2 Å². The molecule has 0 bridgehead atoms. The molecule has 9 heteroatoms. The smallest absolute Gasteiger partial charge is 0.253 e. The predicted molar refractivity (Wildman–Crippen MR) is 182 cm³/mol. The number of carbonyl (C=O) groups is 3. The van der Waals surface area contributed by atoms with Crippen molar-refractivity contribution in [3.8, 4) is 22.6 Å². The van der Waals surface area contributed by atoms with Crippen LogP contribution in [0.15, 0.2) is 103 Å². The fourth-order valence-electron chi connectivity index (χ4n) is 6.63. The number of hydrogen-bond acceptors (Lipinski definition) is 6. The first kappa shape index (κ1) is 31.7. The average molecular weight is 633 g/mol. The number of likely N-dealkylation sites (tertiary alicyclic amines) is 1. The molecule has 0 radical (unpaired) electrons. The fraction of sp³-hybridized carbons (Fsp3) is 0.289. The van der Waals surface area contributed by atoms with Gasteiger partial charge in [-0.1, -0.05) is 66.7 Å². The maximum Gasteiger partial charge on any atom is 0.253 e.